The van der Waals surface area contributed by atoms with Gasteiger partial charge in [-0.25, -0.2) is 0 Å². The number of nitrogens with one attached hydrogen (secondary N) is 1. The molecule has 106 valence electrons. The van der Waals surface area contributed by atoms with Gasteiger partial charge < -0.3 is 11.1 Å². The number of benzene rings is 1. The van der Waals surface area contributed by atoms with Crippen molar-refractivity contribution in [1.82, 2.24) is 5.32 Å². The minimum Gasteiger partial charge on any atom is -0.345 e. The Kier molecular flexibility index (Phi) is 5.68. The van der Waals surface area contributed by atoms with Crippen LogP contribution in [0.15, 0.2) is 22.7 Å². The molecule has 1 amide bonds. The standard InChI is InChI=1S/C13H16BrClN2O.ClH/c1-13(7-16,8-2-3-8)17-12(18)10-6-9(14)4-5-11(10)15;/h4-6,8H,2-3,7,16H2,1H3,(H,17,18);1H. The second kappa shape index (κ2) is 6.44. The number of amides is 1. The van der Waals surface area contributed by atoms with Crippen LogP contribution in [-0.4, -0.2) is 18.0 Å². The fourth-order valence-electron chi connectivity index (χ4n) is 2.04. The number of rotatable bonds is 4. The lowest BCUT2D eigenvalue weighted by Gasteiger charge is -2.29. The molecule has 1 aliphatic rings. The van der Waals surface area contributed by atoms with Crippen LogP contribution in [0.3, 0.4) is 0 Å². The van der Waals surface area contributed by atoms with Gasteiger partial charge in [0.25, 0.3) is 5.91 Å². The fraction of sp³-hybridized carbons (Fsp3) is 0.462. The van der Waals surface area contributed by atoms with Gasteiger partial charge in [-0.15, -0.1) is 12.4 Å². The highest BCUT2D eigenvalue weighted by atomic mass is 79.9. The van der Waals surface area contributed by atoms with Gasteiger partial charge in [-0.1, -0.05) is 27.5 Å². The smallest absolute Gasteiger partial charge is 0.253 e. The summed E-state index contributed by atoms with van der Waals surface area (Å²) >= 11 is 9.38. The lowest BCUT2D eigenvalue weighted by Crippen LogP contribution is -2.53. The third-order valence-corrected chi connectivity index (χ3v) is 4.30. The molecule has 1 unspecified atom stereocenters. The largest absolute Gasteiger partial charge is 0.345 e. The molecule has 1 aliphatic carbocycles. The average Bonchev–Trinajstić information content (AvgIpc) is 3.16. The molecule has 0 heterocycles. The Morgan fingerprint density at radius 2 is 2.21 bits per heavy atom. The molecule has 0 saturated heterocycles. The first-order chi connectivity index (χ1) is 8.46. The lowest BCUT2D eigenvalue weighted by molar-refractivity contribution is 0.0898. The van der Waals surface area contributed by atoms with Crippen LogP contribution in [-0.2, 0) is 0 Å². The van der Waals surface area contributed by atoms with Crippen molar-refractivity contribution >= 4 is 45.8 Å². The SMILES string of the molecule is CC(CN)(NC(=O)c1cc(Br)ccc1Cl)C1CC1.Cl. The van der Waals surface area contributed by atoms with Gasteiger partial charge in [-0.05, 0) is 43.9 Å². The Morgan fingerprint density at radius 3 is 2.74 bits per heavy atom. The molecule has 19 heavy (non-hydrogen) atoms. The van der Waals surface area contributed by atoms with Crippen molar-refractivity contribution in [2.75, 3.05) is 6.54 Å². The zero-order valence-electron chi connectivity index (χ0n) is 10.6. The number of nitrogens with two attached hydrogens (primary N) is 1. The molecule has 2 rings (SSSR count). The molecule has 0 bridgehead atoms. The second-order valence-electron chi connectivity index (χ2n) is 4.97. The van der Waals surface area contributed by atoms with E-state index in [1.807, 2.05) is 13.0 Å². The summed E-state index contributed by atoms with van der Waals surface area (Å²) in [4.78, 5) is 12.3. The van der Waals surface area contributed by atoms with E-state index < -0.39 is 0 Å². The van der Waals surface area contributed by atoms with E-state index in [2.05, 4.69) is 21.2 Å². The maximum Gasteiger partial charge on any atom is 0.253 e. The van der Waals surface area contributed by atoms with Gasteiger partial charge in [-0.3, -0.25) is 4.79 Å². The van der Waals surface area contributed by atoms with Gasteiger partial charge in [0.2, 0.25) is 0 Å². The van der Waals surface area contributed by atoms with Crippen LogP contribution in [0.4, 0.5) is 0 Å². The van der Waals surface area contributed by atoms with Crippen molar-refractivity contribution in [3.8, 4) is 0 Å². The lowest BCUT2D eigenvalue weighted by atomic mass is 9.95. The van der Waals surface area contributed by atoms with Crippen LogP contribution in [0.1, 0.15) is 30.1 Å². The molecule has 1 saturated carbocycles. The van der Waals surface area contributed by atoms with E-state index in [0.717, 1.165) is 17.3 Å². The molecule has 0 spiro atoms. The highest BCUT2D eigenvalue weighted by molar-refractivity contribution is 9.10. The third kappa shape index (κ3) is 3.85. The van der Waals surface area contributed by atoms with Crippen LogP contribution >= 0.6 is 39.9 Å². The van der Waals surface area contributed by atoms with Gasteiger partial charge in [0.15, 0.2) is 0 Å². The van der Waals surface area contributed by atoms with Crippen molar-refractivity contribution in [1.29, 1.82) is 0 Å². The zero-order chi connectivity index (χ0) is 13.3. The maximum absolute atomic E-state index is 12.3. The highest BCUT2D eigenvalue weighted by Crippen LogP contribution is 2.39. The topological polar surface area (TPSA) is 55.1 Å². The van der Waals surface area contributed by atoms with Crippen molar-refractivity contribution in [2.24, 2.45) is 11.7 Å². The van der Waals surface area contributed by atoms with E-state index in [0.29, 0.717) is 23.0 Å². The Balaban J connectivity index is 0.00000180. The predicted molar refractivity (Wildman–Crippen MR) is 84.0 cm³/mol. The zero-order valence-corrected chi connectivity index (χ0v) is 13.7. The average molecular weight is 368 g/mol. The molecule has 1 aromatic rings. The van der Waals surface area contributed by atoms with Gasteiger partial charge in [0.05, 0.1) is 16.1 Å². The summed E-state index contributed by atoms with van der Waals surface area (Å²) in [6.07, 6.45) is 2.25. The van der Waals surface area contributed by atoms with E-state index in [1.165, 1.54) is 0 Å². The first-order valence-electron chi connectivity index (χ1n) is 5.94. The molecule has 3 N–H and O–H groups in total. The summed E-state index contributed by atoms with van der Waals surface area (Å²) in [6, 6.07) is 5.24. The van der Waals surface area contributed by atoms with Crippen LogP contribution in [0, 0.1) is 5.92 Å². The Labute approximate surface area is 132 Å². The molecule has 0 aromatic heterocycles. The van der Waals surface area contributed by atoms with E-state index in [1.54, 1.807) is 12.1 Å². The van der Waals surface area contributed by atoms with Gasteiger partial charge >= 0.3 is 0 Å². The Morgan fingerprint density at radius 1 is 1.58 bits per heavy atom. The molecule has 0 radical (unpaired) electrons. The third-order valence-electron chi connectivity index (χ3n) is 3.47. The Bertz CT molecular complexity index is 480. The summed E-state index contributed by atoms with van der Waals surface area (Å²) in [6.45, 7) is 2.43. The van der Waals surface area contributed by atoms with Crippen LogP contribution < -0.4 is 11.1 Å². The van der Waals surface area contributed by atoms with Crippen molar-refractivity contribution in [2.45, 2.75) is 25.3 Å². The van der Waals surface area contributed by atoms with Gasteiger partial charge in [0.1, 0.15) is 0 Å². The van der Waals surface area contributed by atoms with Gasteiger partial charge in [0, 0.05) is 11.0 Å². The monoisotopic (exact) mass is 366 g/mol. The summed E-state index contributed by atoms with van der Waals surface area (Å²) in [7, 11) is 0. The number of carbonyl (C=O) groups excluding carboxylic acids is 1. The molecule has 1 fully saturated rings. The van der Waals surface area contributed by atoms with Crippen molar-refractivity contribution < 1.29 is 4.79 Å². The summed E-state index contributed by atoms with van der Waals surface area (Å²) < 4.78 is 0.831. The van der Waals surface area contributed by atoms with E-state index in [9.17, 15) is 4.79 Å². The summed E-state index contributed by atoms with van der Waals surface area (Å²) in [5.74, 6) is 0.318. The van der Waals surface area contributed by atoms with Crippen molar-refractivity contribution in [3.63, 3.8) is 0 Å². The quantitative estimate of drug-likeness (QED) is 0.856. The highest BCUT2D eigenvalue weighted by Gasteiger charge is 2.41. The van der Waals surface area contributed by atoms with Crippen LogP contribution in [0.25, 0.3) is 0 Å². The minimum absolute atomic E-state index is 0. The van der Waals surface area contributed by atoms with E-state index >= 15 is 0 Å². The van der Waals surface area contributed by atoms with E-state index in [-0.39, 0.29) is 23.9 Å². The normalized spacial score (nSPS) is 17.3. The summed E-state index contributed by atoms with van der Waals surface area (Å²) in [5.41, 5.74) is 5.93. The van der Waals surface area contributed by atoms with Crippen molar-refractivity contribution in [3.05, 3.63) is 33.3 Å². The fourth-order valence-corrected chi connectivity index (χ4v) is 2.60. The van der Waals surface area contributed by atoms with E-state index in [4.69, 9.17) is 17.3 Å². The van der Waals surface area contributed by atoms with Crippen LogP contribution in [0.5, 0.6) is 0 Å². The number of halogens is 3. The molecule has 6 heteroatoms. The first-order valence-corrected chi connectivity index (χ1v) is 7.11. The summed E-state index contributed by atoms with van der Waals surface area (Å²) in [5, 5.41) is 3.47. The minimum atomic E-state index is -0.331. The van der Waals surface area contributed by atoms with Crippen LogP contribution in [0.2, 0.25) is 5.02 Å². The first kappa shape index (κ1) is 16.8. The predicted octanol–water partition coefficient (Wildman–Crippen LogP) is 3.38. The molecule has 0 aliphatic heterocycles. The number of hydrogen-bond acceptors (Lipinski definition) is 2. The second-order valence-corrected chi connectivity index (χ2v) is 6.30. The molecular weight excluding hydrogens is 351 g/mol. The Hall–Kier alpha value is -0.290. The molecular formula is C13H17BrCl2N2O. The molecule has 3 nitrogen and oxygen atoms in total. The molecule has 1 atom stereocenters. The number of carbonyl (C=O) groups is 1. The maximum atomic E-state index is 12.3. The number of hydrogen-bond donors (Lipinski definition) is 2. The van der Waals surface area contributed by atoms with Gasteiger partial charge in [-0.2, -0.15) is 0 Å². The molecule has 1 aromatic carbocycles.